The zero-order chi connectivity index (χ0) is 15.5. The van der Waals surface area contributed by atoms with Crippen LogP contribution in [0.1, 0.15) is 12.0 Å². The second kappa shape index (κ2) is 6.03. The van der Waals surface area contributed by atoms with Gasteiger partial charge in [-0.05, 0) is 5.56 Å². The first-order chi connectivity index (χ1) is 10.7. The summed E-state index contributed by atoms with van der Waals surface area (Å²) in [5.41, 5.74) is 0.865. The topological polar surface area (TPSA) is 91.7 Å². The van der Waals surface area contributed by atoms with Crippen molar-refractivity contribution in [3.05, 3.63) is 35.9 Å². The molecule has 0 saturated carbocycles. The lowest BCUT2D eigenvalue weighted by atomic mass is 10.2. The summed E-state index contributed by atoms with van der Waals surface area (Å²) in [7, 11) is 0. The zero-order valence-electron chi connectivity index (χ0n) is 11.8. The Bertz CT molecular complexity index is 613. The molecule has 0 aliphatic carbocycles. The number of rotatable bonds is 3. The van der Waals surface area contributed by atoms with Gasteiger partial charge in [0.25, 0.3) is 0 Å². The van der Waals surface area contributed by atoms with E-state index < -0.39 is 24.4 Å². The van der Waals surface area contributed by atoms with Crippen molar-refractivity contribution in [3.63, 3.8) is 0 Å². The molecule has 22 heavy (non-hydrogen) atoms. The quantitative estimate of drug-likeness (QED) is 0.890. The summed E-state index contributed by atoms with van der Waals surface area (Å²) in [5.74, 6) is -0.300. The van der Waals surface area contributed by atoms with Gasteiger partial charge in [-0.1, -0.05) is 30.3 Å². The van der Waals surface area contributed by atoms with Crippen LogP contribution >= 0.6 is 0 Å². The number of benzene rings is 1. The van der Waals surface area contributed by atoms with Crippen LogP contribution in [-0.2, 0) is 20.9 Å². The SMILES string of the molecule is N#C[C@@H]1CO[C@H]2C[C@@H](NC(=O)OCc3ccccc3)C(=O)N12. The molecule has 7 heteroatoms. The first-order valence-corrected chi connectivity index (χ1v) is 6.99. The molecule has 1 aromatic rings. The van der Waals surface area contributed by atoms with Crippen molar-refractivity contribution in [3.8, 4) is 6.07 Å². The van der Waals surface area contributed by atoms with E-state index in [4.69, 9.17) is 14.7 Å². The summed E-state index contributed by atoms with van der Waals surface area (Å²) in [6.07, 6.45) is -0.759. The molecule has 0 unspecified atom stereocenters. The number of carbonyl (C=O) groups is 2. The molecule has 2 amide bonds. The highest BCUT2D eigenvalue weighted by molar-refractivity contribution is 5.88. The van der Waals surface area contributed by atoms with Gasteiger partial charge in [0, 0.05) is 6.42 Å². The lowest BCUT2D eigenvalue weighted by Crippen LogP contribution is -2.44. The van der Waals surface area contributed by atoms with E-state index in [1.165, 1.54) is 4.90 Å². The molecule has 3 atom stereocenters. The first kappa shape index (κ1) is 14.4. The Morgan fingerprint density at radius 3 is 2.95 bits per heavy atom. The minimum Gasteiger partial charge on any atom is -0.445 e. The third kappa shape index (κ3) is 2.73. The van der Waals surface area contributed by atoms with Crippen molar-refractivity contribution in [2.24, 2.45) is 0 Å². The van der Waals surface area contributed by atoms with Gasteiger partial charge in [-0.2, -0.15) is 5.26 Å². The molecule has 2 fully saturated rings. The second-order valence-corrected chi connectivity index (χ2v) is 5.17. The largest absolute Gasteiger partial charge is 0.445 e. The Kier molecular flexibility index (Phi) is 3.94. The highest BCUT2D eigenvalue weighted by Gasteiger charge is 2.48. The van der Waals surface area contributed by atoms with Crippen molar-refractivity contribution >= 4 is 12.0 Å². The second-order valence-electron chi connectivity index (χ2n) is 5.17. The number of hydrogen-bond donors (Lipinski definition) is 1. The summed E-state index contributed by atoms with van der Waals surface area (Å²) in [4.78, 5) is 25.4. The fraction of sp³-hybridized carbons (Fsp3) is 0.400. The maximum Gasteiger partial charge on any atom is 0.408 e. The number of alkyl carbamates (subject to hydrolysis) is 1. The van der Waals surface area contributed by atoms with Crippen LogP contribution in [0.4, 0.5) is 4.79 Å². The van der Waals surface area contributed by atoms with E-state index in [-0.39, 0.29) is 19.1 Å². The van der Waals surface area contributed by atoms with Crippen LogP contribution < -0.4 is 5.32 Å². The van der Waals surface area contributed by atoms with Crippen LogP contribution in [0.3, 0.4) is 0 Å². The Hall–Kier alpha value is -2.59. The Morgan fingerprint density at radius 1 is 1.45 bits per heavy atom. The van der Waals surface area contributed by atoms with Crippen LogP contribution in [0.25, 0.3) is 0 Å². The van der Waals surface area contributed by atoms with Crippen LogP contribution in [0.15, 0.2) is 30.3 Å². The summed E-state index contributed by atoms with van der Waals surface area (Å²) < 4.78 is 10.5. The molecular formula is C15H15N3O4. The minimum absolute atomic E-state index is 0.137. The maximum atomic E-state index is 12.2. The molecule has 1 aromatic carbocycles. The van der Waals surface area contributed by atoms with Gasteiger partial charge in [0.2, 0.25) is 5.91 Å². The molecule has 1 N–H and O–H groups in total. The molecule has 0 spiro atoms. The summed E-state index contributed by atoms with van der Waals surface area (Å²) in [5, 5.41) is 11.5. The van der Waals surface area contributed by atoms with E-state index in [0.29, 0.717) is 6.42 Å². The molecule has 2 heterocycles. The molecule has 0 radical (unpaired) electrons. The molecule has 0 aromatic heterocycles. The Labute approximate surface area is 127 Å². The van der Waals surface area contributed by atoms with Crippen molar-refractivity contribution in [1.29, 1.82) is 5.26 Å². The standard InChI is InChI=1S/C15H15N3O4/c16-7-11-9-21-13-6-12(14(19)18(11)13)17-15(20)22-8-10-4-2-1-3-5-10/h1-5,11-13H,6,8-9H2,(H,17,20)/t11-,12-,13+/m1/s1. The normalized spacial score (nSPS) is 26.4. The van der Waals surface area contributed by atoms with Crippen molar-refractivity contribution < 1.29 is 19.1 Å². The fourth-order valence-corrected chi connectivity index (χ4v) is 2.65. The van der Waals surface area contributed by atoms with Gasteiger partial charge in [0.15, 0.2) is 0 Å². The van der Waals surface area contributed by atoms with E-state index >= 15 is 0 Å². The fourth-order valence-electron chi connectivity index (χ4n) is 2.65. The highest BCUT2D eigenvalue weighted by atomic mass is 16.5. The molecule has 2 aliphatic heterocycles. The molecular weight excluding hydrogens is 286 g/mol. The number of nitrogens with one attached hydrogen (secondary N) is 1. The Morgan fingerprint density at radius 2 is 2.23 bits per heavy atom. The van der Waals surface area contributed by atoms with E-state index in [2.05, 4.69) is 5.32 Å². The average Bonchev–Trinajstić information content (AvgIpc) is 3.07. The van der Waals surface area contributed by atoms with Crippen LogP contribution in [0.5, 0.6) is 0 Å². The Balaban J connectivity index is 1.53. The molecule has 3 rings (SSSR count). The first-order valence-electron chi connectivity index (χ1n) is 6.99. The third-order valence-corrected chi connectivity index (χ3v) is 3.74. The van der Waals surface area contributed by atoms with Gasteiger partial charge in [-0.15, -0.1) is 0 Å². The number of fused-ring (bicyclic) bond motifs is 1. The van der Waals surface area contributed by atoms with Gasteiger partial charge in [0.05, 0.1) is 12.7 Å². The van der Waals surface area contributed by atoms with E-state index in [1.54, 1.807) is 0 Å². The average molecular weight is 301 g/mol. The van der Waals surface area contributed by atoms with Gasteiger partial charge >= 0.3 is 6.09 Å². The van der Waals surface area contributed by atoms with Gasteiger partial charge in [-0.3, -0.25) is 9.69 Å². The van der Waals surface area contributed by atoms with Gasteiger partial charge in [0.1, 0.15) is 24.9 Å². The number of amides is 2. The van der Waals surface area contributed by atoms with Crippen LogP contribution in [0.2, 0.25) is 0 Å². The maximum absolute atomic E-state index is 12.2. The number of ether oxygens (including phenoxy) is 2. The van der Waals surface area contributed by atoms with Gasteiger partial charge in [-0.25, -0.2) is 4.79 Å². The number of nitrogens with zero attached hydrogens (tertiary/aromatic N) is 2. The highest BCUT2D eigenvalue weighted by Crippen LogP contribution is 2.28. The molecule has 2 aliphatic rings. The van der Waals surface area contributed by atoms with E-state index in [1.807, 2.05) is 36.4 Å². The van der Waals surface area contributed by atoms with Crippen molar-refractivity contribution in [1.82, 2.24) is 10.2 Å². The predicted molar refractivity (Wildman–Crippen MR) is 74.2 cm³/mol. The lowest BCUT2D eigenvalue weighted by Gasteiger charge is -2.16. The summed E-state index contributed by atoms with van der Waals surface area (Å²) >= 11 is 0. The zero-order valence-corrected chi connectivity index (χ0v) is 11.8. The monoisotopic (exact) mass is 301 g/mol. The van der Waals surface area contributed by atoms with Crippen molar-refractivity contribution in [2.75, 3.05) is 6.61 Å². The summed E-state index contributed by atoms with van der Waals surface area (Å²) in [6.45, 7) is 0.357. The minimum atomic E-state index is -0.704. The molecule has 2 saturated heterocycles. The number of carbonyl (C=O) groups excluding carboxylic acids is 2. The number of hydrogen-bond acceptors (Lipinski definition) is 5. The smallest absolute Gasteiger partial charge is 0.408 e. The number of nitriles is 1. The molecule has 114 valence electrons. The summed E-state index contributed by atoms with van der Waals surface area (Å²) in [6, 6.07) is 10.0. The van der Waals surface area contributed by atoms with Gasteiger partial charge < -0.3 is 14.8 Å². The van der Waals surface area contributed by atoms with E-state index in [9.17, 15) is 9.59 Å². The predicted octanol–water partition coefficient (Wildman–Crippen LogP) is 0.762. The van der Waals surface area contributed by atoms with E-state index in [0.717, 1.165) is 5.56 Å². The van der Waals surface area contributed by atoms with Crippen molar-refractivity contribution in [2.45, 2.75) is 31.3 Å². The molecule has 0 bridgehead atoms. The lowest BCUT2D eigenvalue weighted by molar-refractivity contribution is -0.131. The third-order valence-electron chi connectivity index (χ3n) is 3.74. The van der Waals surface area contributed by atoms with Crippen LogP contribution in [-0.4, -0.2) is 41.8 Å². The molecule has 7 nitrogen and oxygen atoms in total. The van der Waals surface area contributed by atoms with Crippen LogP contribution in [0, 0.1) is 11.3 Å².